The fourth-order valence-corrected chi connectivity index (χ4v) is 2.79. The number of aromatic hydroxyl groups is 1. The van der Waals surface area contributed by atoms with E-state index in [0.29, 0.717) is 18.7 Å². The Hall–Kier alpha value is -2.69. The monoisotopic (exact) mass is 312 g/mol. The molecule has 0 aromatic heterocycles. The van der Waals surface area contributed by atoms with Gasteiger partial charge in [0.25, 0.3) is 5.91 Å². The highest BCUT2D eigenvalue weighted by Gasteiger charge is 2.23. The van der Waals surface area contributed by atoms with Crippen LogP contribution in [0.5, 0.6) is 11.5 Å². The van der Waals surface area contributed by atoms with Crippen LogP contribution in [0.1, 0.15) is 10.4 Å². The Bertz CT molecular complexity index is 677. The lowest BCUT2D eigenvalue weighted by Gasteiger charge is -2.36. The maximum absolute atomic E-state index is 12.5. The molecule has 1 fully saturated rings. The van der Waals surface area contributed by atoms with Gasteiger partial charge in [-0.2, -0.15) is 0 Å². The second-order valence-corrected chi connectivity index (χ2v) is 5.49. The number of rotatable bonds is 3. The molecule has 0 bridgehead atoms. The number of methoxy groups -OCH3 is 1. The van der Waals surface area contributed by atoms with E-state index in [1.165, 1.54) is 0 Å². The summed E-state index contributed by atoms with van der Waals surface area (Å²) >= 11 is 0. The van der Waals surface area contributed by atoms with Gasteiger partial charge in [0.1, 0.15) is 11.5 Å². The van der Waals surface area contributed by atoms with E-state index in [0.717, 1.165) is 24.5 Å². The molecule has 2 aromatic rings. The third-order valence-electron chi connectivity index (χ3n) is 4.14. The standard InChI is InChI=1S/C18H20N2O3/c1-23-15-8-6-14(7-9-15)19-10-12-20(13-11-19)18(22)16-4-2-3-5-17(16)21/h2-9,21H,10-13H2,1H3. The number of phenolic OH excluding ortho intramolecular Hbond substituents is 1. The van der Waals surface area contributed by atoms with E-state index in [1.54, 1.807) is 36.3 Å². The molecule has 2 aromatic carbocycles. The van der Waals surface area contributed by atoms with Crippen molar-refractivity contribution in [1.82, 2.24) is 4.90 Å². The zero-order valence-electron chi connectivity index (χ0n) is 13.1. The molecule has 1 N–H and O–H groups in total. The number of amides is 1. The number of hydrogen-bond donors (Lipinski definition) is 1. The van der Waals surface area contributed by atoms with Gasteiger partial charge >= 0.3 is 0 Å². The fourth-order valence-electron chi connectivity index (χ4n) is 2.79. The summed E-state index contributed by atoms with van der Waals surface area (Å²) in [5.74, 6) is 0.759. The highest BCUT2D eigenvalue weighted by Crippen LogP contribution is 2.22. The predicted molar refractivity (Wildman–Crippen MR) is 89.2 cm³/mol. The first-order valence-electron chi connectivity index (χ1n) is 7.65. The number of nitrogens with zero attached hydrogens (tertiary/aromatic N) is 2. The molecule has 1 aliphatic rings. The van der Waals surface area contributed by atoms with Crippen LogP contribution in [0, 0.1) is 0 Å². The average molecular weight is 312 g/mol. The van der Waals surface area contributed by atoms with E-state index in [2.05, 4.69) is 4.90 Å². The van der Waals surface area contributed by atoms with Crippen LogP contribution in [-0.4, -0.2) is 49.2 Å². The first-order chi connectivity index (χ1) is 11.2. The van der Waals surface area contributed by atoms with Gasteiger partial charge in [-0.25, -0.2) is 0 Å². The number of hydrogen-bond acceptors (Lipinski definition) is 4. The number of carbonyl (C=O) groups is 1. The van der Waals surface area contributed by atoms with E-state index >= 15 is 0 Å². The van der Waals surface area contributed by atoms with Crippen molar-refractivity contribution < 1.29 is 14.6 Å². The minimum Gasteiger partial charge on any atom is -0.507 e. The van der Waals surface area contributed by atoms with Crippen LogP contribution in [0.3, 0.4) is 0 Å². The summed E-state index contributed by atoms with van der Waals surface area (Å²) in [6.07, 6.45) is 0. The van der Waals surface area contributed by atoms with Gasteiger partial charge in [-0.3, -0.25) is 4.79 Å². The number of anilines is 1. The number of benzene rings is 2. The summed E-state index contributed by atoms with van der Waals surface area (Å²) < 4.78 is 5.17. The summed E-state index contributed by atoms with van der Waals surface area (Å²) in [5, 5.41) is 9.82. The van der Waals surface area contributed by atoms with Crippen LogP contribution >= 0.6 is 0 Å². The highest BCUT2D eigenvalue weighted by atomic mass is 16.5. The molecule has 5 nitrogen and oxygen atoms in total. The summed E-state index contributed by atoms with van der Waals surface area (Å²) in [5.41, 5.74) is 1.49. The molecule has 5 heteroatoms. The molecule has 23 heavy (non-hydrogen) atoms. The zero-order chi connectivity index (χ0) is 16.2. The third-order valence-corrected chi connectivity index (χ3v) is 4.14. The molecule has 1 amide bonds. The Morgan fingerprint density at radius 3 is 2.26 bits per heavy atom. The van der Waals surface area contributed by atoms with E-state index < -0.39 is 0 Å². The van der Waals surface area contributed by atoms with Crippen molar-refractivity contribution in [2.75, 3.05) is 38.2 Å². The van der Waals surface area contributed by atoms with Crippen molar-refractivity contribution in [2.24, 2.45) is 0 Å². The van der Waals surface area contributed by atoms with Gasteiger partial charge in [-0.15, -0.1) is 0 Å². The van der Waals surface area contributed by atoms with Crippen molar-refractivity contribution in [1.29, 1.82) is 0 Å². The Kier molecular flexibility index (Phi) is 4.37. The van der Waals surface area contributed by atoms with Gasteiger partial charge < -0.3 is 19.6 Å². The summed E-state index contributed by atoms with van der Waals surface area (Å²) in [6, 6.07) is 14.6. The molecule has 0 spiro atoms. The quantitative estimate of drug-likeness (QED) is 0.945. The van der Waals surface area contributed by atoms with Crippen molar-refractivity contribution >= 4 is 11.6 Å². The van der Waals surface area contributed by atoms with Crippen LogP contribution in [0.15, 0.2) is 48.5 Å². The molecule has 1 heterocycles. The SMILES string of the molecule is COc1ccc(N2CCN(C(=O)c3ccccc3O)CC2)cc1. The Morgan fingerprint density at radius 1 is 1.00 bits per heavy atom. The van der Waals surface area contributed by atoms with Crippen LogP contribution in [-0.2, 0) is 0 Å². The van der Waals surface area contributed by atoms with Gasteiger partial charge in [0.2, 0.25) is 0 Å². The summed E-state index contributed by atoms with van der Waals surface area (Å²) in [6.45, 7) is 2.82. The number of piperazine rings is 1. The fraction of sp³-hybridized carbons (Fsp3) is 0.278. The molecule has 1 aliphatic heterocycles. The molecule has 0 atom stereocenters. The molecule has 0 unspecified atom stereocenters. The zero-order valence-corrected chi connectivity index (χ0v) is 13.1. The lowest BCUT2D eigenvalue weighted by molar-refractivity contribution is 0.0744. The van der Waals surface area contributed by atoms with Gasteiger partial charge in [0.05, 0.1) is 12.7 Å². The molecule has 0 saturated carbocycles. The number of ether oxygens (including phenoxy) is 1. The van der Waals surface area contributed by atoms with Gasteiger partial charge in [0, 0.05) is 31.9 Å². The topological polar surface area (TPSA) is 53.0 Å². The maximum atomic E-state index is 12.5. The third kappa shape index (κ3) is 3.23. The largest absolute Gasteiger partial charge is 0.507 e. The Morgan fingerprint density at radius 2 is 1.65 bits per heavy atom. The minimum atomic E-state index is -0.113. The van der Waals surface area contributed by atoms with Crippen LogP contribution in [0.25, 0.3) is 0 Å². The second-order valence-electron chi connectivity index (χ2n) is 5.49. The molecule has 3 rings (SSSR count). The van der Waals surface area contributed by atoms with E-state index in [-0.39, 0.29) is 11.7 Å². The lowest BCUT2D eigenvalue weighted by Crippen LogP contribution is -2.48. The molecule has 1 saturated heterocycles. The van der Waals surface area contributed by atoms with E-state index in [9.17, 15) is 9.90 Å². The average Bonchev–Trinajstić information content (AvgIpc) is 2.62. The van der Waals surface area contributed by atoms with Gasteiger partial charge in [0.15, 0.2) is 0 Å². The molecule has 0 aliphatic carbocycles. The molecular weight excluding hydrogens is 292 g/mol. The highest BCUT2D eigenvalue weighted by molar-refractivity contribution is 5.96. The van der Waals surface area contributed by atoms with Crippen molar-refractivity contribution in [2.45, 2.75) is 0 Å². The second kappa shape index (κ2) is 6.60. The van der Waals surface area contributed by atoms with Crippen LogP contribution < -0.4 is 9.64 Å². The normalized spacial score (nSPS) is 14.7. The lowest BCUT2D eigenvalue weighted by atomic mass is 10.1. The minimum absolute atomic E-state index is 0.0371. The molecular formula is C18H20N2O3. The number of para-hydroxylation sites is 1. The first-order valence-corrected chi connectivity index (χ1v) is 7.65. The van der Waals surface area contributed by atoms with E-state index in [1.807, 2.05) is 24.3 Å². The Balaban J connectivity index is 1.64. The summed E-state index contributed by atoms with van der Waals surface area (Å²) in [7, 11) is 1.65. The van der Waals surface area contributed by atoms with Crippen molar-refractivity contribution in [3.63, 3.8) is 0 Å². The van der Waals surface area contributed by atoms with Gasteiger partial charge in [-0.05, 0) is 36.4 Å². The van der Waals surface area contributed by atoms with Crippen molar-refractivity contribution in [3.05, 3.63) is 54.1 Å². The van der Waals surface area contributed by atoms with Crippen LogP contribution in [0.2, 0.25) is 0 Å². The first kappa shape index (κ1) is 15.2. The molecule has 0 radical (unpaired) electrons. The van der Waals surface area contributed by atoms with Crippen LogP contribution in [0.4, 0.5) is 5.69 Å². The number of carbonyl (C=O) groups excluding carboxylic acids is 1. The molecule has 120 valence electrons. The predicted octanol–water partition coefficient (Wildman–Crippen LogP) is 2.36. The Labute approximate surface area is 135 Å². The van der Waals surface area contributed by atoms with Gasteiger partial charge in [-0.1, -0.05) is 12.1 Å². The van der Waals surface area contributed by atoms with E-state index in [4.69, 9.17) is 4.74 Å². The number of phenols is 1. The smallest absolute Gasteiger partial charge is 0.257 e. The van der Waals surface area contributed by atoms with Crippen molar-refractivity contribution in [3.8, 4) is 11.5 Å². The maximum Gasteiger partial charge on any atom is 0.257 e. The summed E-state index contributed by atoms with van der Waals surface area (Å²) in [4.78, 5) is 16.5.